The average molecular weight is 304 g/mol. The van der Waals surface area contributed by atoms with Gasteiger partial charge in [0.1, 0.15) is 16.5 Å². The molecule has 0 saturated carbocycles. The Labute approximate surface area is 130 Å². The molecule has 0 radical (unpaired) electrons. The van der Waals surface area contributed by atoms with Crippen LogP contribution in [0.5, 0.6) is 0 Å². The van der Waals surface area contributed by atoms with Gasteiger partial charge in [0.15, 0.2) is 0 Å². The number of hydrogen-bond acceptors (Lipinski definition) is 5. The van der Waals surface area contributed by atoms with Crippen LogP contribution >= 0.6 is 11.3 Å². The fraction of sp³-hybridized carbons (Fsp3) is 0.625. The molecule has 0 aromatic carbocycles. The van der Waals surface area contributed by atoms with Gasteiger partial charge in [0, 0.05) is 7.05 Å². The lowest BCUT2D eigenvalue weighted by Gasteiger charge is -2.19. The number of hydrogen-bond donors (Lipinski definition) is 1. The van der Waals surface area contributed by atoms with Crippen LogP contribution < -0.4 is 5.32 Å². The van der Waals surface area contributed by atoms with E-state index in [0.717, 1.165) is 34.3 Å². The maximum Gasteiger partial charge on any atom is 0.146 e. The van der Waals surface area contributed by atoms with Gasteiger partial charge in [-0.25, -0.2) is 9.97 Å². The fourth-order valence-corrected chi connectivity index (χ4v) is 3.93. The zero-order valence-corrected chi connectivity index (χ0v) is 13.7. The molecule has 1 N–H and O–H groups in total. The molecule has 0 amide bonds. The Morgan fingerprint density at radius 2 is 2.24 bits per heavy atom. The van der Waals surface area contributed by atoms with Crippen molar-refractivity contribution < 1.29 is 0 Å². The van der Waals surface area contributed by atoms with E-state index in [-0.39, 0.29) is 0 Å². The van der Waals surface area contributed by atoms with Crippen LogP contribution in [-0.4, -0.2) is 35.0 Å². The first-order chi connectivity index (χ1) is 10.3. The minimum atomic E-state index is 0.874. The summed E-state index contributed by atoms with van der Waals surface area (Å²) in [6.07, 6.45) is 5.31. The summed E-state index contributed by atoms with van der Waals surface area (Å²) in [6.45, 7) is 5.54. The van der Waals surface area contributed by atoms with Gasteiger partial charge in [0.05, 0.1) is 11.9 Å². The summed E-state index contributed by atoms with van der Waals surface area (Å²) >= 11 is 1.69. The van der Waals surface area contributed by atoms with Crippen LogP contribution in [0.4, 0.5) is 5.82 Å². The fourth-order valence-electron chi connectivity index (χ4n) is 3.15. The molecule has 1 fully saturated rings. The number of aromatic nitrogens is 2. The average Bonchev–Trinajstić information content (AvgIpc) is 2.86. The summed E-state index contributed by atoms with van der Waals surface area (Å²) in [5.74, 6) is 2.81. The molecule has 1 unspecified atom stereocenters. The molecule has 2 aromatic rings. The van der Waals surface area contributed by atoms with E-state index in [2.05, 4.69) is 28.6 Å². The molecular formula is C16H24N4S. The van der Waals surface area contributed by atoms with Gasteiger partial charge in [-0.3, -0.25) is 4.90 Å². The van der Waals surface area contributed by atoms with Crippen molar-refractivity contribution in [2.75, 3.05) is 25.5 Å². The van der Waals surface area contributed by atoms with E-state index in [0.29, 0.717) is 0 Å². The van der Waals surface area contributed by atoms with Crippen molar-refractivity contribution in [3.8, 4) is 0 Å². The largest absolute Gasteiger partial charge is 0.372 e. The molecule has 0 bridgehead atoms. The van der Waals surface area contributed by atoms with E-state index >= 15 is 0 Å². The Morgan fingerprint density at radius 3 is 3.05 bits per heavy atom. The zero-order chi connectivity index (χ0) is 14.7. The summed E-state index contributed by atoms with van der Waals surface area (Å²) < 4.78 is 0. The molecule has 1 aliphatic rings. The smallest absolute Gasteiger partial charge is 0.146 e. The number of nitrogens with zero attached hydrogens (tertiary/aromatic N) is 3. The molecule has 1 aliphatic heterocycles. The molecule has 0 spiro atoms. The highest BCUT2D eigenvalue weighted by molar-refractivity contribution is 7.16. The molecule has 4 nitrogen and oxygen atoms in total. The van der Waals surface area contributed by atoms with Crippen LogP contribution in [0.3, 0.4) is 0 Å². The van der Waals surface area contributed by atoms with Gasteiger partial charge in [-0.05, 0) is 49.7 Å². The third kappa shape index (κ3) is 3.35. The third-order valence-corrected chi connectivity index (χ3v) is 5.30. The molecule has 3 rings (SSSR count). The molecule has 21 heavy (non-hydrogen) atoms. The predicted molar refractivity (Wildman–Crippen MR) is 89.9 cm³/mol. The number of fused-ring (bicyclic) bond motifs is 1. The van der Waals surface area contributed by atoms with Crippen LogP contribution in [0.25, 0.3) is 10.2 Å². The first-order valence-electron chi connectivity index (χ1n) is 7.94. The highest BCUT2D eigenvalue weighted by Gasteiger charge is 2.17. The van der Waals surface area contributed by atoms with Crippen molar-refractivity contribution in [3.05, 3.63) is 17.3 Å². The lowest BCUT2D eigenvalue weighted by Crippen LogP contribution is -2.25. The number of nitrogens with one attached hydrogen (secondary N) is 1. The van der Waals surface area contributed by atoms with Crippen LogP contribution in [0.1, 0.15) is 38.4 Å². The second kappa shape index (κ2) is 6.71. The topological polar surface area (TPSA) is 41.1 Å². The van der Waals surface area contributed by atoms with Gasteiger partial charge in [-0.2, -0.15) is 0 Å². The second-order valence-corrected chi connectivity index (χ2v) is 6.75. The summed E-state index contributed by atoms with van der Waals surface area (Å²) in [5.41, 5.74) is 0. The summed E-state index contributed by atoms with van der Waals surface area (Å²) in [4.78, 5) is 13.0. The third-order valence-electron chi connectivity index (χ3n) is 4.49. The van der Waals surface area contributed by atoms with Gasteiger partial charge in [-0.1, -0.05) is 13.3 Å². The molecule has 2 aromatic heterocycles. The van der Waals surface area contributed by atoms with Crippen LogP contribution in [0.15, 0.2) is 11.4 Å². The van der Waals surface area contributed by atoms with E-state index in [1.165, 1.54) is 38.8 Å². The molecular weight excluding hydrogens is 280 g/mol. The van der Waals surface area contributed by atoms with Crippen molar-refractivity contribution in [3.63, 3.8) is 0 Å². The zero-order valence-electron chi connectivity index (χ0n) is 12.9. The molecule has 0 aliphatic carbocycles. The van der Waals surface area contributed by atoms with Crippen molar-refractivity contribution in [2.45, 2.75) is 39.2 Å². The first-order valence-corrected chi connectivity index (χ1v) is 8.82. The maximum atomic E-state index is 4.73. The molecule has 114 valence electrons. The Hall–Kier alpha value is -1.20. The predicted octanol–water partition coefficient (Wildman–Crippen LogP) is 3.75. The van der Waals surface area contributed by atoms with Crippen molar-refractivity contribution in [2.24, 2.45) is 5.92 Å². The first kappa shape index (κ1) is 14.7. The molecule has 1 saturated heterocycles. The number of rotatable bonds is 4. The second-order valence-electron chi connectivity index (χ2n) is 5.86. The Balaban J connectivity index is 1.75. The van der Waals surface area contributed by atoms with E-state index in [4.69, 9.17) is 9.97 Å². The highest BCUT2D eigenvalue weighted by atomic mass is 32.1. The standard InChI is InChI=1S/C16H24N4S/c1-3-12-5-4-8-20(9-6-12)11-14-18-15(17-2)13-7-10-21-16(13)19-14/h7,10,12H,3-6,8-9,11H2,1-2H3,(H,17,18,19). The van der Waals surface area contributed by atoms with Gasteiger partial charge in [0.2, 0.25) is 0 Å². The van der Waals surface area contributed by atoms with Crippen LogP contribution in [0.2, 0.25) is 0 Å². The number of thiophene rings is 1. The quantitative estimate of drug-likeness (QED) is 0.934. The summed E-state index contributed by atoms with van der Waals surface area (Å²) in [6, 6.07) is 2.09. The Kier molecular flexibility index (Phi) is 4.70. The summed E-state index contributed by atoms with van der Waals surface area (Å²) in [5, 5.41) is 6.42. The number of likely N-dealkylation sites (tertiary alicyclic amines) is 1. The van der Waals surface area contributed by atoms with Crippen molar-refractivity contribution >= 4 is 27.4 Å². The minimum Gasteiger partial charge on any atom is -0.372 e. The lowest BCUT2D eigenvalue weighted by molar-refractivity contribution is 0.266. The van der Waals surface area contributed by atoms with Gasteiger partial charge in [0.25, 0.3) is 0 Å². The molecule has 1 atom stereocenters. The van der Waals surface area contributed by atoms with Gasteiger partial charge in [-0.15, -0.1) is 11.3 Å². The Bertz CT molecular complexity index is 595. The van der Waals surface area contributed by atoms with Gasteiger partial charge >= 0.3 is 0 Å². The molecule has 3 heterocycles. The van der Waals surface area contributed by atoms with E-state index in [1.807, 2.05) is 7.05 Å². The Morgan fingerprint density at radius 1 is 1.33 bits per heavy atom. The van der Waals surface area contributed by atoms with Gasteiger partial charge < -0.3 is 5.32 Å². The van der Waals surface area contributed by atoms with E-state index < -0.39 is 0 Å². The van der Waals surface area contributed by atoms with Crippen LogP contribution in [-0.2, 0) is 6.54 Å². The minimum absolute atomic E-state index is 0.874. The van der Waals surface area contributed by atoms with Crippen molar-refractivity contribution in [1.29, 1.82) is 0 Å². The normalized spacial score (nSPS) is 20.6. The van der Waals surface area contributed by atoms with E-state index in [1.54, 1.807) is 11.3 Å². The van der Waals surface area contributed by atoms with Crippen molar-refractivity contribution in [1.82, 2.24) is 14.9 Å². The monoisotopic (exact) mass is 304 g/mol. The SMILES string of the molecule is CCC1CCCN(Cc2nc(NC)c3ccsc3n2)CC1. The highest BCUT2D eigenvalue weighted by Crippen LogP contribution is 2.26. The summed E-state index contributed by atoms with van der Waals surface area (Å²) in [7, 11) is 1.93. The maximum absolute atomic E-state index is 4.73. The van der Waals surface area contributed by atoms with E-state index in [9.17, 15) is 0 Å². The van der Waals surface area contributed by atoms with Crippen LogP contribution in [0, 0.1) is 5.92 Å². The molecule has 5 heteroatoms. The lowest BCUT2D eigenvalue weighted by atomic mass is 9.98. The number of anilines is 1.